The summed E-state index contributed by atoms with van der Waals surface area (Å²) in [5.74, 6) is 0.787. The van der Waals surface area contributed by atoms with Gasteiger partial charge in [0.05, 0.1) is 25.7 Å². The van der Waals surface area contributed by atoms with Crippen molar-refractivity contribution in [3.05, 3.63) is 46.8 Å². The summed E-state index contributed by atoms with van der Waals surface area (Å²) in [5.41, 5.74) is 3.12. The molecule has 8 nitrogen and oxygen atoms in total. The van der Waals surface area contributed by atoms with Crippen LogP contribution < -0.4 is 10.1 Å². The zero-order valence-corrected chi connectivity index (χ0v) is 19.1. The number of aryl methyl sites for hydroxylation is 1. The second kappa shape index (κ2) is 9.32. The molecule has 2 aliphatic heterocycles. The highest BCUT2D eigenvalue weighted by molar-refractivity contribution is 5.94. The molecule has 1 fully saturated rings. The number of rotatable bonds is 6. The summed E-state index contributed by atoms with van der Waals surface area (Å²) in [6, 6.07) is 7.63. The van der Waals surface area contributed by atoms with Crippen LogP contribution in [0, 0.1) is 0 Å². The molecule has 1 aromatic heterocycles. The van der Waals surface area contributed by atoms with E-state index in [9.17, 15) is 9.59 Å². The van der Waals surface area contributed by atoms with Gasteiger partial charge >= 0.3 is 0 Å². The topological polar surface area (TPSA) is 85.7 Å². The standard InChI is InChI=1S/C24H32N4O4/c1-4-11-25-23(30)22-19-16-32-24(15-20(19)27(2)26-22)9-12-28(13-10-24)21(29)14-17-5-7-18(31-3)8-6-17/h5-8H,4,9-16H2,1-3H3,(H,25,30). The van der Waals surface area contributed by atoms with Gasteiger partial charge in [-0.15, -0.1) is 0 Å². The summed E-state index contributed by atoms with van der Waals surface area (Å²) in [6.45, 7) is 4.39. The maximum atomic E-state index is 12.8. The molecule has 4 rings (SSSR count). The minimum absolute atomic E-state index is 0.136. The molecule has 1 aromatic carbocycles. The predicted octanol–water partition coefficient (Wildman–Crippen LogP) is 2.25. The van der Waals surface area contributed by atoms with Crippen LogP contribution in [0.2, 0.25) is 0 Å². The molecule has 2 aliphatic rings. The van der Waals surface area contributed by atoms with Crippen LogP contribution >= 0.6 is 0 Å². The molecule has 0 saturated carbocycles. The van der Waals surface area contributed by atoms with Crippen molar-refractivity contribution in [3.8, 4) is 5.75 Å². The number of nitrogens with one attached hydrogen (secondary N) is 1. The zero-order chi connectivity index (χ0) is 22.7. The summed E-state index contributed by atoms with van der Waals surface area (Å²) >= 11 is 0. The minimum atomic E-state index is -0.297. The van der Waals surface area contributed by atoms with Crippen LogP contribution in [-0.4, -0.2) is 58.8 Å². The molecule has 32 heavy (non-hydrogen) atoms. The first kappa shape index (κ1) is 22.3. The summed E-state index contributed by atoms with van der Waals surface area (Å²) in [7, 11) is 3.52. The molecular weight excluding hydrogens is 408 g/mol. The molecule has 1 spiro atoms. The normalized spacial score (nSPS) is 17.2. The first-order chi connectivity index (χ1) is 15.4. The molecular formula is C24H32N4O4. The lowest BCUT2D eigenvalue weighted by Crippen LogP contribution is -2.51. The third kappa shape index (κ3) is 4.50. The quantitative estimate of drug-likeness (QED) is 0.745. The van der Waals surface area contributed by atoms with Crippen molar-refractivity contribution in [2.45, 2.75) is 51.2 Å². The molecule has 8 heteroatoms. The summed E-state index contributed by atoms with van der Waals surface area (Å²) in [5, 5.41) is 7.38. The lowest BCUT2D eigenvalue weighted by Gasteiger charge is -2.44. The van der Waals surface area contributed by atoms with E-state index in [4.69, 9.17) is 9.47 Å². The number of ether oxygens (including phenoxy) is 2. The number of carbonyl (C=O) groups excluding carboxylic acids is 2. The maximum Gasteiger partial charge on any atom is 0.272 e. The number of methoxy groups -OCH3 is 1. The van der Waals surface area contributed by atoms with E-state index >= 15 is 0 Å². The van der Waals surface area contributed by atoms with E-state index in [1.54, 1.807) is 7.11 Å². The maximum absolute atomic E-state index is 12.8. The molecule has 0 radical (unpaired) electrons. The third-order valence-corrected chi connectivity index (χ3v) is 6.58. The number of hydrogen-bond donors (Lipinski definition) is 1. The summed E-state index contributed by atoms with van der Waals surface area (Å²) < 4.78 is 13.3. The predicted molar refractivity (Wildman–Crippen MR) is 120 cm³/mol. The Labute approximate surface area is 188 Å². The van der Waals surface area contributed by atoms with E-state index < -0.39 is 0 Å². The Bertz CT molecular complexity index is 975. The highest BCUT2D eigenvalue weighted by Gasteiger charge is 2.42. The third-order valence-electron chi connectivity index (χ3n) is 6.58. The van der Waals surface area contributed by atoms with Gasteiger partial charge in [-0.1, -0.05) is 19.1 Å². The Morgan fingerprint density at radius 2 is 1.94 bits per heavy atom. The van der Waals surface area contributed by atoms with Crippen LogP contribution in [0.3, 0.4) is 0 Å². The zero-order valence-electron chi connectivity index (χ0n) is 19.1. The molecule has 0 aliphatic carbocycles. The number of fused-ring (bicyclic) bond motifs is 1. The largest absolute Gasteiger partial charge is 0.497 e. The van der Waals surface area contributed by atoms with Gasteiger partial charge in [-0.3, -0.25) is 14.3 Å². The monoisotopic (exact) mass is 440 g/mol. The van der Waals surface area contributed by atoms with Gasteiger partial charge < -0.3 is 19.7 Å². The molecule has 0 unspecified atom stereocenters. The van der Waals surface area contributed by atoms with E-state index in [1.807, 2.05) is 47.8 Å². The number of aromatic nitrogens is 2. The Morgan fingerprint density at radius 1 is 1.22 bits per heavy atom. The van der Waals surface area contributed by atoms with Crippen LogP contribution in [0.25, 0.3) is 0 Å². The number of hydrogen-bond acceptors (Lipinski definition) is 5. The lowest BCUT2D eigenvalue weighted by atomic mass is 9.83. The molecule has 1 N–H and O–H groups in total. The molecule has 1 saturated heterocycles. The van der Waals surface area contributed by atoms with Gasteiger partial charge in [0.15, 0.2) is 5.69 Å². The smallest absolute Gasteiger partial charge is 0.272 e. The number of likely N-dealkylation sites (tertiary alicyclic amines) is 1. The molecule has 2 amide bonds. The Morgan fingerprint density at radius 3 is 2.59 bits per heavy atom. The first-order valence-corrected chi connectivity index (χ1v) is 11.3. The summed E-state index contributed by atoms with van der Waals surface area (Å²) in [4.78, 5) is 27.2. The first-order valence-electron chi connectivity index (χ1n) is 11.3. The minimum Gasteiger partial charge on any atom is -0.497 e. The van der Waals surface area contributed by atoms with E-state index in [2.05, 4.69) is 10.4 Å². The fraction of sp³-hybridized carbons (Fsp3) is 0.542. The van der Waals surface area contributed by atoms with Crippen molar-refractivity contribution in [2.24, 2.45) is 7.05 Å². The highest BCUT2D eigenvalue weighted by atomic mass is 16.5. The average Bonchev–Trinajstić information content (AvgIpc) is 3.14. The van der Waals surface area contributed by atoms with Gasteiger partial charge in [-0.05, 0) is 37.0 Å². The highest BCUT2D eigenvalue weighted by Crippen LogP contribution is 2.37. The number of amides is 2. The van der Waals surface area contributed by atoms with Gasteiger partial charge in [0.25, 0.3) is 5.91 Å². The second-order valence-electron chi connectivity index (χ2n) is 8.71. The number of nitrogens with zero attached hydrogens (tertiary/aromatic N) is 3. The Balaban J connectivity index is 1.37. The van der Waals surface area contributed by atoms with Crippen molar-refractivity contribution in [1.29, 1.82) is 0 Å². The molecule has 172 valence electrons. The van der Waals surface area contributed by atoms with Crippen LogP contribution in [0.4, 0.5) is 0 Å². The van der Waals surface area contributed by atoms with Crippen LogP contribution in [0.15, 0.2) is 24.3 Å². The van der Waals surface area contributed by atoms with Crippen LogP contribution in [0.1, 0.15) is 53.5 Å². The lowest BCUT2D eigenvalue weighted by molar-refractivity contribution is -0.140. The molecule has 3 heterocycles. The SMILES string of the molecule is CCCNC(=O)c1nn(C)c2c1COC1(CCN(C(=O)Cc3ccc(OC)cc3)CC1)C2. The average molecular weight is 441 g/mol. The van der Waals surface area contributed by atoms with Crippen LogP contribution in [-0.2, 0) is 36.0 Å². The van der Waals surface area contributed by atoms with E-state index in [0.29, 0.717) is 44.8 Å². The van der Waals surface area contributed by atoms with Crippen molar-refractivity contribution in [1.82, 2.24) is 20.0 Å². The van der Waals surface area contributed by atoms with Gasteiger partial charge in [-0.2, -0.15) is 5.10 Å². The molecule has 2 aromatic rings. The van der Waals surface area contributed by atoms with Crippen LogP contribution in [0.5, 0.6) is 5.75 Å². The summed E-state index contributed by atoms with van der Waals surface area (Å²) in [6.07, 6.45) is 3.55. The van der Waals surface area contributed by atoms with Crippen molar-refractivity contribution >= 4 is 11.8 Å². The Hall–Kier alpha value is -2.87. The number of piperidine rings is 1. The van der Waals surface area contributed by atoms with Crippen molar-refractivity contribution in [3.63, 3.8) is 0 Å². The van der Waals surface area contributed by atoms with Gasteiger partial charge in [0, 0.05) is 44.4 Å². The van der Waals surface area contributed by atoms with Crippen molar-refractivity contribution in [2.75, 3.05) is 26.7 Å². The molecule has 0 atom stereocenters. The number of benzene rings is 1. The van der Waals surface area contributed by atoms with Gasteiger partial charge in [-0.25, -0.2) is 0 Å². The Kier molecular flexibility index (Phi) is 6.50. The fourth-order valence-corrected chi connectivity index (χ4v) is 4.58. The van der Waals surface area contributed by atoms with E-state index in [0.717, 1.165) is 41.8 Å². The second-order valence-corrected chi connectivity index (χ2v) is 8.71. The van der Waals surface area contributed by atoms with E-state index in [-0.39, 0.29) is 17.4 Å². The van der Waals surface area contributed by atoms with Gasteiger partial charge in [0.1, 0.15) is 5.75 Å². The van der Waals surface area contributed by atoms with E-state index in [1.165, 1.54) is 0 Å². The number of carbonyl (C=O) groups is 2. The van der Waals surface area contributed by atoms with Gasteiger partial charge in [0.2, 0.25) is 5.91 Å². The molecule has 0 bridgehead atoms. The van der Waals surface area contributed by atoms with Crippen molar-refractivity contribution < 1.29 is 19.1 Å². The fourth-order valence-electron chi connectivity index (χ4n) is 4.58.